The molecule has 0 unspecified atom stereocenters. The molecule has 1 aromatic rings. The fourth-order valence-electron chi connectivity index (χ4n) is 0.428. The van der Waals surface area contributed by atoms with Crippen LogP contribution in [-0.2, 0) is 6.42 Å². The largest absolute Gasteiger partial charge is 0.365 e. The fourth-order valence-corrected chi connectivity index (χ4v) is 0.599. The van der Waals surface area contributed by atoms with Crippen molar-refractivity contribution in [2.75, 3.05) is 0 Å². The minimum atomic E-state index is 0.714. The van der Waals surface area contributed by atoms with Gasteiger partial charge in [-0.15, -0.1) is 0 Å². The summed E-state index contributed by atoms with van der Waals surface area (Å²) < 4.78 is 4.55. The second kappa shape index (κ2) is 2.57. The summed E-state index contributed by atoms with van der Waals surface area (Å²) in [7, 11) is 0. The lowest BCUT2D eigenvalue weighted by Crippen LogP contribution is -1.80. The Kier molecular flexibility index (Phi) is 1.75. The summed E-state index contributed by atoms with van der Waals surface area (Å²) >= 11 is 4.59. The first kappa shape index (κ1) is 5.44. The Morgan fingerprint density at radius 3 is 3.25 bits per heavy atom. The molecule has 0 atom stereocenters. The van der Waals surface area contributed by atoms with Crippen molar-refractivity contribution in [3.63, 3.8) is 0 Å². The Labute approximate surface area is 52.5 Å². The van der Waals surface area contributed by atoms with E-state index in [-0.39, 0.29) is 0 Å². The molecule has 0 bridgehead atoms. The zero-order valence-electron chi connectivity index (χ0n) is 4.20. The first-order chi connectivity index (χ1) is 3.93. The van der Waals surface area contributed by atoms with E-state index in [4.69, 9.17) is 0 Å². The van der Waals surface area contributed by atoms with Crippen LogP contribution in [0.1, 0.15) is 5.69 Å². The molecule has 2 nitrogen and oxygen atoms in total. The van der Waals surface area contributed by atoms with E-state index in [2.05, 4.69) is 21.9 Å². The van der Waals surface area contributed by atoms with Crippen LogP contribution >= 0.6 is 12.2 Å². The summed E-state index contributed by atoms with van der Waals surface area (Å²) in [5.41, 5.74) is 0.889. The van der Waals surface area contributed by atoms with Gasteiger partial charge < -0.3 is 4.52 Å². The topological polar surface area (TPSA) is 26.0 Å². The first-order valence-electron chi connectivity index (χ1n) is 2.26. The third-order valence-electron chi connectivity index (χ3n) is 0.784. The van der Waals surface area contributed by atoms with Gasteiger partial charge in [0, 0.05) is 12.5 Å². The van der Waals surface area contributed by atoms with Gasteiger partial charge in [0.25, 0.3) is 0 Å². The summed E-state index contributed by atoms with van der Waals surface area (Å²) in [6.45, 7) is 0. The average Bonchev–Trinajstić information content (AvgIpc) is 2.19. The summed E-state index contributed by atoms with van der Waals surface area (Å²) in [6.07, 6.45) is 2.25. The lowest BCUT2D eigenvalue weighted by molar-refractivity contribution is 0.414. The van der Waals surface area contributed by atoms with E-state index in [0.29, 0.717) is 6.42 Å². The molecule has 0 aliphatic carbocycles. The average molecular weight is 127 g/mol. The Bertz CT molecular complexity index is 159. The van der Waals surface area contributed by atoms with E-state index >= 15 is 0 Å². The van der Waals surface area contributed by atoms with Crippen molar-refractivity contribution in [1.82, 2.24) is 5.16 Å². The van der Waals surface area contributed by atoms with Gasteiger partial charge >= 0.3 is 0 Å². The highest BCUT2D eigenvalue weighted by atomic mass is 32.1. The normalized spacial score (nSPS) is 9.00. The zero-order chi connectivity index (χ0) is 5.82. The standard InChI is InChI=1S/C5H5NOS/c8-4-2-5-1-3-7-6-5/h1,3-4H,2H2. The smallest absolute Gasteiger partial charge is 0.124 e. The molecule has 42 valence electrons. The Morgan fingerprint density at radius 2 is 2.75 bits per heavy atom. The first-order valence-corrected chi connectivity index (χ1v) is 2.73. The number of nitrogens with zero attached hydrogens (tertiary/aromatic N) is 1. The van der Waals surface area contributed by atoms with Gasteiger partial charge in [-0.25, -0.2) is 0 Å². The number of hydrogen-bond acceptors (Lipinski definition) is 3. The van der Waals surface area contributed by atoms with Crippen molar-refractivity contribution in [2.24, 2.45) is 0 Å². The second-order valence-electron chi connectivity index (χ2n) is 1.36. The number of aromatic nitrogens is 1. The van der Waals surface area contributed by atoms with Gasteiger partial charge in [-0.2, -0.15) is 0 Å². The van der Waals surface area contributed by atoms with E-state index < -0.39 is 0 Å². The van der Waals surface area contributed by atoms with Crippen LogP contribution in [0, 0.1) is 0 Å². The predicted molar refractivity (Wildman–Crippen MR) is 33.9 cm³/mol. The van der Waals surface area contributed by atoms with Crippen molar-refractivity contribution in [3.05, 3.63) is 18.0 Å². The van der Waals surface area contributed by atoms with Crippen molar-refractivity contribution in [2.45, 2.75) is 6.42 Å². The molecule has 0 spiro atoms. The molecule has 1 aromatic heterocycles. The maximum atomic E-state index is 4.59. The maximum absolute atomic E-state index is 4.59. The summed E-state index contributed by atoms with van der Waals surface area (Å²) in [5, 5.41) is 5.26. The Morgan fingerprint density at radius 1 is 1.88 bits per heavy atom. The van der Waals surface area contributed by atoms with E-state index in [9.17, 15) is 0 Å². The van der Waals surface area contributed by atoms with Gasteiger partial charge in [0.1, 0.15) is 6.26 Å². The van der Waals surface area contributed by atoms with Gasteiger partial charge in [-0.1, -0.05) is 17.4 Å². The molecule has 1 rings (SSSR count). The van der Waals surface area contributed by atoms with Crippen LogP contribution in [-0.4, -0.2) is 10.5 Å². The fraction of sp³-hybridized carbons (Fsp3) is 0.200. The quantitative estimate of drug-likeness (QED) is 0.558. The molecular formula is C5H5NOS. The molecule has 0 aliphatic heterocycles. The Balaban J connectivity index is 2.62. The van der Waals surface area contributed by atoms with Gasteiger partial charge in [0.05, 0.1) is 5.69 Å². The van der Waals surface area contributed by atoms with Crippen molar-refractivity contribution in [1.29, 1.82) is 0 Å². The number of thiocarbonyl (C=S) groups is 1. The molecule has 0 N–H and O–H groups in total. The van der Waals surface area contributed by atoms with Crippen LogP contribution in [0.25, 0.3) is 0 Å². The van der Waals surface area contributed by atoms with Crippen LogP contribution in [0.15, 0.2) is 16.9 Å². The minimum Gasteiger partial charge on any atom is -0.365 e. The highest BCUT2D eigenvalue weighted by molar-refractivity contribution is 7.78. The molecule has 0 radical (unpaired) electrons. The van der Waals surface area contributed by atoms with Crippen molar-refractivity contribution < 1.29 is 4.52 Å². The van der Waals surface area contributed by atoms with E-state index in [0.717, 1.165) is 5.69 Å². The maximum Gasteiger partial charge on any atom is 0.124 e. The minimum absolute atomic E-state index is 0.714. The van der Waals surface area contributed by atoms with Crippen LogP contribution in [0.2, 0.25) is 0 Å². The van der Waals surface area contributed by atoms with Gasteiger partial charge in [0.2, 0.25) is 0 Å². The molecule has 0 fully saturated rings. The molecule has 0 aromatic carbocycles. The van der Waals surface area contributed by atoms with Gasteiger partial charge in [-0.05, 0) is 5.37 Å². The number of hydrogen-bond donors (Lipinski definition) is 0. The monoisotopic (exact) mass is 127 g/mol. The highest BCUT2D eigenvalue weighted by Gasteiger charge is 1.88. The van der Waals surface area contributed by atoms with Crippen molar-refractivity contribution >= 4 is 17.6 Å². The lowest BCUT2D eigenvalue weighted by Gasteiger charge is -1.76. The van der Waals surface area contributed by atoms with Gasteiger partial charge in [0.15, 0.2) is 0 Å². The lowest BCUT2D eigenvalue weighted by atomic mass is 10.3. The molecular weight excluding hydrogens is 122 g/mol. The highest BCUT2D eigenvalue weighted by Crippen LogP contribution is 1.92. The summed E-state index contributed by atoms with van der Waals surface area (Å²) in [5.74, 6) is 0. The van der Waals surface area contributed by atoms with Crippen molar-refractivity contribution in [3.8, 4) is 0 Å². The van der Waals surface area contributed by atoms with E-state index in [1.807, 2.05) is 0 Å². The van der Waals surface area contributed by atoms with Crippen LogP contribution in [0.4, 0.5) is 0 Å². The molecule has 8 heavy (non-hydrogen) atoms. The molecule has 3 heteroatoms. The SMILES string of the molecule is S=CCc1ccon1. The zero-order valence-corrected chi connectivity index (χ0v) is 5.02. The van der Waals surface area contributed by atoms with E-state index in [1.165, 1.54) is 6.26 Å². The van der Waals surface area contributed by atoms with Crippen LogP contribution in [0.5, 0.6) is 0 Å². The molecule has 1 heterocycles. The summed E-state index contributed by atoms with van der Waals surface area (Å²) in [6, 6.07) is 1.79. The van der Waals surface area contributed by atoms with Gasteiger partial charge in [-0.3, -0.25) is 0 Å². The third kappa shape index (κ3) is 1.13. The summed E-state index contributed by atoms with van der Waals surface area (Å²) in [4.78, 5) is 0. The van der Waals surface area contributed by atoms with E-state index in [1.54, 1.807) is 11.4 Å². The third-order valence-corrected chi connectivity index (χ3v) is 0.950. The molecule has 0 saturated carbocycles. The molecule has 0 saturated heterocycles. The van der Waals surface area contributed by atoms with Crippen LogP contribution < -0.4 is 0 Å². The van der Waals surface area contributed by atoms with Crippen LogP contribution in [0.3, 0.4) is 0 Å². The predicted octanol–water partition coefficient (Wildman–Crippen LogP) is 1.22. The number of rotatable bonds is 2. The second-order valence-corrected chi connectivity index (χ2v) is 1.69. The Hall–Kier alpha value is -0.700. The molecule has 0 aliphatic rings. The molecule has 0 amide bonds.